The van der Waals surface area contributed by atoms with Crippen LogP contribution in [0, 0.1) is 20.8 Å². The van der Waals surface area contributed by atoms with E-state index >= 15 is 0 Å². The predicted molar refractivity (Wildman–Crippen MR) is 124 cm³/mol. The van der Waals surface area contributed by atoms with Crippen molar-refractivity contribution in [1.82, 2.24) is 19.2 Å². The summed E-state index contributed by atoms with van der Waals surface area (Å²) in [4.78, 5) is 21.6. The number of carboxylic acids is 1. The van der Waals surface area contributed by atoms with Crippen LogP contribution in [0.25, 0.3) is 16.6 Å². The fraction of sp³-hybridized carbons (Fsp3) is 0.440. The number of rotatable bonds is 5. The number of aryl methyl sites for hydroxylation is 2. The number of fused-ring (bicyclic) bond motifs is 1. The van der Waals surface area contributed by atoms with Crippen molar-refractivity contribution in [3.63, 3.8) is 0 Å². The highest BCUT2D eigenvalue weighted by Gasteiger charge is 2.27. The second-order valence-corrected chi connectivity index (χ2v) is 8.64. The molecule has 0 amide bonds. The third-order valence-corrected chi connectivity index (χ3v) is 6.68. The predicted octanol–water partition coefficient (Wildman–Crippen LogP) is 4.32. The second kappa shape index (κ2) is 8.44. The monoisotopic (exact) mass is 420 g/mol. The highest BCUT2D eigenvalue weighted by Crippen LogP contribution is 2.34. The quantitative estimate of drug-likeness (QED) is 0.666. The first-order chi connectivity index (χ1) is 14.8. The zero-order valence-corrected chi connectivity index (χ0v) is 19.1. The van der Waals surface area contributed by atoms with Crippen LogP contribution in [0.3, 0.4) is 0 Å². The van der Waals surface area contributed by atoms with Crippen molar-refractivity contribution in [3.05, 3.63) is 58.7 Å². The molecule has 0 aromatic carbocycles. The van der Waals surface area contributed by atoms with Crippen LogP contribution < -0.4 is 0 Å². The fourth-order valence-corrected chi connectivity index (χ4v) is 4.98. The van der Waals surface area contributed by atoms with E-state index in [9.17, 15) is 9.90 Å². The van der Waals surface area contributed by atoms with E-state index in [2.05, 4.69) is 57.4 Å². The summed E-state index contributed by atoms with van der Waals surface area (Å²) in [7, 11) is 0. The summed E-state index contributed by atoms with van der Waals surface area (Å²) in [6.45, 7) is 15.5. The van der Waals surface area contributed by atoms with Gasteiger partial charge in [-0.15, -0.1) is 0 Å². The lowest BCUT2D eigenvalue weighted by Crippen LogP contribution is -2.47. The van der Waals surface area contributed by atoms with E-state index in [4.69, 9.17) is 0 Å². The molecular formula is C25H32N4O2. The zero-order valence-electron chi connectivity index (χ0n) is 19.1. The van der Waals surface area contributed by atoms with E-state index in [1.807, 2.05) is 26.8 Å². The third kappa shape index (κ3) is 3.98. The number of nitrogens with zero attached hydrogens (tertiary/aromatic N) is 4. The summed E-state index contributed by atoms with van der Waals surface area (Å²) >= 11 is 0. The molecule has 31 heavy (non-hydrogen) atoms. The van der Waals surface area contributed by atoms with E-state index in [0.29, 0.717) is 5.56 Å². The molecule has 3 aromatic heterocycles. The number of hydrogen-bond acceptors (Lipinski definition) is 4. The van der Waals surface area contributed by atoms with Crippen LogP contribution in [0.2, 0.25) is 0 Å². The Morgan fingerprint density at radius 1 is 1.10 bits per heavy atom. The highest BCUT2D eigenvalue weighted by molar-refractivity contribution is 5.94. The topological polar surface area (TPSA) is 61.1 Å². The van der Waals surface area contributed by atoms with Gasteiger partial charge in [0.05, 0.1) is 11.1 Å². The number of piperazine rings is 1. The average Bonchev–Trinajstić information content (AvgIpc) is 3.15. The Morgan fingerprint density at radius 3 is 2.32 bits per heavy atom. The molecule has 0 radical (unpaired) electrons. The molecule has 0 spiro atoms. The van der Waals surface area contributed by atoms with Crippen molar-refractivity contribution in [2.45, 2.75) is 40.7 Å². The maximum atomic E-state index is 12.1. The number of hydrogen-bond donors (Lipinski definition) is 1. The van der Waals surface area contributed by atoms with Crippen molar-refractivity contribution in [1.29, 1.82) is 0 Å². The minimum atomic E-state index is -0.876. The molecule has 1 aliphatic rings. The van der Waals surface area contributed by atoms with Gasteiger partial charge in [-0.3, -0.25) is 9.88 Å². The standard InChI is InChI=1S/C25H32N4O2/c1-6-27-9-11-28(12-10-27)19(5)24-18(4)22(25(30)31)15-23-21(7-8-29(23)24)20-13-16(2)26-17(3)14-20/h7-8,13-15,19H,6,9-12H2,1-5H3,(H,30,31). The van der Waals surface area contributed by atoms with Crippen LogP contribution >= 0.6 is 0 Å². The van der Waals surface area contributed by atoms with Gasteiger partial charge in [-0.25, -0.2) is 4.79 Å². The van der Waals surface area contributed by atoms with Gasteiger partial charge < -0.3 is 14.4 Å². The Balaban J connectivity index is 1.86. The molecule has 1 N–H and O–H groups in total. The summed E-state index contributed by atoms with van der Waals surface area (Å²) in [5.74, 6) is -0.876. The summed E-state index contributed by atoms with van der Waals surface area (Å²) in [5, 5.41) is 9.96. The molecule has 0 bridgehead atoms. The first-order valence-electron chi connectivity index (χ1n) is 11.1. The molecular weight excluding hydrogens is 388 g/mol. The number of likely N-dealkylation sites (N-methyl/N-ethyl adjacent to an activating group) is 1. The van der Waals surface area contributed by atoms with Crippen LogP contribution in [-0.4, -0.2) is 63.0 Å². The molecule has 6 nitrogen and oxygen atoms in total. The summed E-state index contributed by atoms with van der Waals surface area (Å²) in [5.41, 5.74) is 7.25. The number of pyridine rings is 2. The smallest absolute Gasteiger partial charge is 0.336 e. The highest BCUT2D eigenvalue weighted by atomic mass is 16.4. The lowest BCUT2D eigenvalue weighted by Gasteiger charge is -2.38. The van der Waals surface area contributed by atoms with E-state index in [1.54, 1.807) is 0 Å². The van der Waals surface area contributed by atoms with E-state index in [0.717, 1.165) is 72.0 Å². The Kier molecular flexibility index (Phi) is 5.86. The van der Waals surface area contributed by atoms with Gasteiger partial charge >= 0.3 is 5.97 Å². The van der Waals surface area contributed by atoms with Gasteiger partial charge in [0.15, 0.2) is 0 Å². The van der Waals surface area contributed by atoms with E-state index in [1.165, 1.54) is 0 Å². The molecule has 0 saturated carbocycles. The normalized spacial score (nSPS) is 16.7. The molecule has 6 heteroatoms. The van der Waals surface area contributed by atoms with Gasteiger partial charge in [0.25, 0.3) is 0 Å². The Labute approximate surface area is 184 Å². The van der Waals surface area contributed by atoms with Crippen LogP contribution in [0.5, 0.6) is 0 Å². The molecule has 1 fully saturated rings. The summed E-state index contributed by atoms with van der Waals surface area (Å²) in [6.07, 6.45) is 2.09. The molecule has 1 unspecified atom stereocenters. The molecule has 0 aliphatic carbocycles. The van der Waals surface area contributed by atoms with Crippen LogP contribution in [0.4, 0.5) is 0 Å². The lowest BCUT2D eigenvalue weighted by atomic mass is 9.99. The van der Waals surface area contributed by atoms with E-state index in [-0.39, 0.29) is 6.04 Å². The maximum Gasteiger partial charge on any atom is 0.336 e. The number of carbonyl (C=O) groups is 1. The number of aromatic nitrogens is 2. The Hall–Kier alpha value is -2.70. The lowest BCUT2D eigenvalue weighted by molar-refractivity contribution is 0.0695. The minimum absolute atomic E-state index is 0.127. The maximum absolute atomic E-state index is 12.1. The molecule has 3 aromatic rings. The first kappa shape index (κ1) is 21.5. The van der Waals surface area contributed by atoms with Gasteiger partial charge in [-0.05, 0) is 69.6 Å². The molecule has 164 valence electrons. The molecule has 4 heterocycles. The average molecular weight is 421 g/mol. The van der Waals surface area contributed by atoms with Crippen molar-refractivity contribution in [2.24, 2.45) is 0 Å². The van der Waals surface area contributed by atoms with Crippen molar-refractivity contribution >= 4 is 11.5 Å². The van der Waals surface area contributed by atoms with Gasteiger partial charge in [-0.1, -0.05) is 6.92 Å². The molecule has 1 saturated heterocycles. The van der Waals surface area contributed by atoms with Crippen LogP contribution in [0.1, 0.15) is 52.9 Å². The van der Waals surface area contributed by atoms with Crippen molar-refractivity contribution in [3.8, 4) is 11.1 Å². The van der Waals surface area contributed by atoms with Crippen molar-refractivity contribution in [2.75, 3.05) is 32.7 Å². The van der Waals surface area contributed by atoms with Gasteiger partial charge in [0, 0.05) is 61.1 Å². The number of aromatic carboxylic acids is 1. The van der Waals surface area contributed by atoms with Gasteiger partial charge in [0.1, 0.15) is 0 Å². The van der Waals surface area contributed by atoms with Crippen LogP contribution in [0.15, 0.2) is 30.5 Å². The van der Waals surface area contributed by atoms with Crippen LogP contribution in [-0.2, 0) is 0 Å². The van der Waals surface area contributed by atoms with Gasteiger partial charge in [0.2, 0.25) is 0 Å². The zero-order chi connectivity index (χ0) is 22.3. The minimum Gasteiger partial charge on any atom is -0.478 e. The molecule has 4 rings (SSSR count). The molecule has 1 aliphatic heterocycles. The second-order valence-electron chi connectivity index (χ2n) is 8.64. The fourth-order valence-electron chi connectivity index (χ4n) is 4.98. The number of carboxylic acid groups (broad SMARTS) is 1. The summed E-state index contributed by atoms with van der Waals surface area (Å²) < 4.78 is 2.19. The Morgan fingerprint density at radius 2 is 1.74 bits per heavy atom. The largest absolute Gasteiger partial charge is 0.478 e. The first-order valence-corrected chi connectivity index (χ1v) is 11.1. The third-order valence-electron chi connectivity index (χ3n) is 6.68. The van der Waals surface area contributed by atoms with Crippen molar-refractivity contribution < 1.29 is 9.90 Å². The van der Waals surface area contributed by atoms with Gasteiger partial charge in [-0.2, -0.15) is 0 Å². The SMILES string of the molecule is CCN1CCN(C(C)c2c(C)c(C(=O)O)cc3c(-c4cc(C)nc(C)c4)ccn23)CC1. The summed E-state index contributed by atoms with van der Waals surface area (Å²) in [6, 6.07) is 8.18. The molecule has 1 atom stereocenters. The Bertz CT molecular complexity index is 1110. The van der Waals surface area contributed by atoms with E-state index < -0.39 is 5.97 Å².